The SMILES string of the molecule is COc1cc2nc(N(C)Cc3cccc(C(=O)NCCN4CCOCC4)c3)[nH]c(=O)c2c(OC)c1OC. The minimum Gasteiger partial charge on any atom is -0.493 e. The Morgan fingerprint density at radius 1 is 1.14 bits per heavy atom. The second-order valence-corrected chi connectivity index (χ2v) is 8.70. The van der Waals surface area contributed by atoms with Crippen molar-refractivity contribution < 1.29 is 23.7 Å². The maximum Gasteiger partial charge on any atom is 0.264 e. The molecule has 0 spiro atoms. The van der Waals surface area contributed by atoms with Crippen molar-refractivity contribution in [3.63, 3.8) is 0 Å². The fourth-order valence-electron chi connectivity index (χ4n) is 4.35. The molecule has 1 amide bonds. The molecule has 1 saturated heterocycles. The minimum atomic E-state index is -0.363. The number of anilines is 1. The maximum absolute atomic E-state index is 13.0. The number of hydrogen-bond acceptors (Lipinski definition) is 9. The normalized spacial score (nSPS) is 13.8. The molecule has 2 heterocycles. The van der Waals surface area contributed by atoms with Crippen LogP contribution in [0, 0.1) is 0 Å². The highest BCUT2D eigenvalue weighted by Crippen LogP contribution is 2.41. The van der Waals surface area contributed by atoms with Gasteiger partial charge in [0.15, 0.2) is 11.5 Å². The maximum atomic E-state index is 13.0. The topological polar surface area (TPSA) is 118 Å². The second-order valence-electron chi connectivity index (χ2n) is 8.70. The third-order valence-corrected chi connectivity index (χ3v) is 6.28. The molecule has 2 aromatic carbocycles. The number of ether oxygens (including phenoxy) is 4. The highest BCUT2D eigenvalue weighted by atomic mass is 16.5. The smallest absolute Gasteiger partial charge is 0.264 e. The summed E-state index contributed by atoms with van der Waals surface area (Å²) in [6.45, 7) is 5.02. The number of nitrogens with zero attached hydrogens (tertiary/aromatic N) is 3. The van der Waals surface area contributed by atoms with E-state index in [4.69, 9.17) is 18.9 Å². The predicted molar refractivity (Wildman–Crippen MR) is 140 cm³/mol. The number of morpholine rings is 1. The highest BCUT2D eigenvalue weighted by Gasteiger charge is 2.21. The Morgan fingerprint density at radius 2 is 1.89 bits per heavy atom. The van der Waals surface area contributed by atoms with Gasteiger partial charge in [-0.3, -0.25) is 19.5 Å². The number of rotatable bonds is 10. The van der Waals surface area contributed by atoms with Crippen molar-refractivity contribution in [2.75, 3.05) is 72.7 Å². The van der Waals surface area contributed by atoms with Crippen molar-refractivity contribution in [1.29, 1.82) is 0 Å². The van der Waals surface area contributed by atoms with Crippen molar-refractivity contribution in [1.82, 2.24) is 20.2 Å². The zero-order chi connectivity index (χ0) is 26.4. The van der Waals surface area contributed by atoms with Crippen LogP contribution in [0.5, 0.6) is 17.2 Å². The molecule has 4 rings (SSSR count). The molecule has 11 heteroatoms. The zero-order valence-electron chi connectivity index (χ0n) is 21.6. The molecule has 0 atom stereocenters. The first-order chi connectivity index (χ1) is 17.9. The van der Waals surface area contributed by atoms with Gasteiger partial charge in [0.25, 0.3) is 11.5 Å². The molecule has 1 aliphatic heterocycles. The van der Waals surface area contributed by atoms with Crippen LogP contribution in [0.3, 0.4) is 0 Å². The number of carbonyl (C=O) groups is 1. The van der Waals surface area contributed by atoms with E-state index in [0.29, 0.717) is 41.6 Å². The van der Waals surface area contributed by atoms with Crippen molar-refractivity contribution in [2.45, 2.75) is 6.54 Å². The van der Waals surface area contributed by atoms with Gasteiger partial charge < -0.3 is 29.2 Å². The molecule has 37 heavy (non-hydrogen) atoms. The third-order valence-electron chi connectivity index (χ3n) is 6.28. The van der Waals surface area contributed by atoms with Crippen molar-refractivity contribution in [3.05, 3.63) is 51.8 Å². The lowest BCUT2D eigenvalue weighted by Gasteiger charge is -2.26. The number of H-pyrrole nitrogens is 1. The van der Waals surface area contributed by atoms with Gasteiger partial charge in [-0.15, -0.1) is 0 Å². The molecule has 3 aromatic rings. The lowest BCUT2D eigenvalue weighted by molar-refractivity contribution is 0.0383. The van der Waals surface area contributed by atoms with Gasteiger partial charge in [0.1, 0.15) is 5.39 Å². The van der Waals surface area contributed by atoms with Crippen LogP contribution in [0.15, 0.2) is 35.1 Å². The number of benzene rings is 2. The van der Waals surface area contributed by atoms with Crippen LogP contribution in [-0.2, 0) is 11.3 Å². The second kappa shape index (κ2) is 11.9. The summed E-state index contributed by atoms with van der Waals surface area (Å²) in [4.78, 5) is 37.2. The number of hydrogen-bond donors (Lipinski definition) is 2. The lowest BCUT2D eigenvalue weighted by atomic mass is 10.1. The zero-order valence-corrected chi connectivity index (χ0v) is 21.6. The summed E-state index contributed by atoms with van der Waals surface area (Å²) in [5.41, 5.74) is 1.52. The molecular weight excluding hydrogens is 478 g/mol. The number of aromatic amines is 1. The average molecular weight is 512 g/mol. The van der Waals surface area contributed by atoms with Crippen LogP contribution in [-0.4, -0.2) is 88.5 Å². The Labute approximate surface area is 215 Å². The summed E-state index contributed by atoms with van der Waals surface area (Å²) < 4.78 is 21.6. The number of aromatic nitrogens is 2. The van der Waals surface area contributed by atoms with Crippen LogP contribution in [0.2, 0.25) is 0 Å². The van der Waals surface area contributed by atoms with Gasteiger partial charge in [-0.05, 0) is 17.7 Å². The van der Waals surface area contributed by atoms with Gasteiger partial charge in [0.2, 0.25) is 11.7 Å². The molecule has 198 valence electrons. The van der Waals surface area contributed by atoms with Crippen LogP contribution >= 0.6 is 0 Å². The van der Waals surface area contributed by atoms with Gasteiger partial charge in [-0.2, -0.15) is 0 Å². The van der Waals surface area contributed by atoms with E-state index in [1.54, 1.807) is 17.0 Å². The summed E-state index contributed by atoms with van der Waals surface area (Å²) in [5.74, 6) is 1.24. The first-order valence-electron chi connectivity index (χ1n) is 12.1. The molecule has 0 bridgehead atoms. The first kappa shape index (κ1) is 26.2. The molecule has 0 unspecified atom stereocenters. The lowest BCUT2D eigenvalue weighted by Crippen LogP contribution is -2.41. The number of methoxy groups -OCH3 is 3. The third kappa shape index (κ3) is 5.95. The summed E-state index contributed by atoms with van der Waals surface area (Å²) in [7, 11) is 6.27. The molecule has 2 N–H and O–H groups in total. The van der Waals surface area contributed by atoms with E-state index in [-0.39, 0.29) is 22.6 Å². The van der Waals surface area contributed by atoms with Crippen molar-refractivity contribution in [3.8, 4) is 17.2 Å². The summed E-state index contributed by atoms with van der Waals surface area (Å²) >= 11 is 0. The molecule has 0 aliphatic carbocycles. The van der Waals surface area contributed by atoms with Gasteiger partial charge >= 0.3 is 0 Å². The quantitative estimate of drug-likeness (QED) is 0.419. The Morgan fingerprint density at radius 3 is 2.59 bits per heavy atom. The van der Waals surface area contributed by atoms with Crippen molar-refractivity contribution in [2.24, 2.45) is 0 Å². The van der Waals surface area contributed by atoms with Crippen LogP contribution < -0.4 is 30.0 Å². The number of nitrogens with one attached hydrogen (secondary N) is 2. The highest BCUT2D eigenvalue weighted by molar-refractivity contribution is 5.94. The van der Waals surface area contributed by atoms with Gasteiger partial charge in [-0.1, -0.05) is 12.1 Å². The van der Waals surface area contributed by atoms with Gasteiger partial charge in [0, 0.05) is 51.4 Å². The molecular formula is C26H33N5O6. The number of fused-ring (bicyclic) bond motifs is 1. The standard InChI is InChI=1S/C26H33N5O6/c1-30(26-28-19-15-20(34-2)22(35-3)23(36-4)21(19)25(33)29-26)16-17-6-5-7-18(14-17)24(32)27-8-9-31-10-12-37-13-11-31/h5-7,14-15H,8-13,16H2,1-4H3,(H,27,32)(H,28,29,33). The molecule has 0 radical (unpaired) electrons. The number of carbonyl (C=O) groups excluding carboxylic acids is 1. The Hall–Kier alpha value is -3.83. The van der Waals surface area contributed by atoms with Gasteiger partial charge in [0.05, 0.1) is 40.1 Å². The molecule has 1 fully saturated rings. The Bertz CT molecular complexity index is 1300. The van der Waals surface area contributed by atoms with E-state index in [0.717, 1.165) is 38.4 Å². The molecule has 1 aromatic heterocycles. The fraction of sp³-hybridized carbons (Fsp3) is 0.423. The average Bonchev–Trinajstić information content (AvgIpc) is 2.92. The van der Waals surface area contributed by atoms with Gasteiger partial charge in [-0.25, -0.2) is 4.98 Å². The van der Waals surface area contributed by atoms with E-state index in [1.165, 1.54) is 21.3 Å². The molecule has 11 nitrogen and oxygen atoms in total. The summed E-state index contributed by atoms with van der Waals surface area (Å²) in [5, 5.41) is 3.26. The Balaban J connectivity index is 1.48. The fourth-order valence-corrected chi connectivity index (χ4v) is 4.35. The van der Waals surface area contributed by atoms with E-state index in [9.17, 15) is 9.59 Å². The number of amides is 1. The van der Waals surface area contributed by atoms with Crippen LogP contribution in [0.25, 0.3) is 10.9 Å². The van der Waals surface area contributed by atoms with Crippen molar-refractivity contribution >= 4 is 22.8 Å². The summed E-state index contributed by atoms with van der Waals surface area (Å²) in [6.07, 6.45) is 0. The Kier molecular flexibility index (Phi) is 8.47. The molecule has 1 aliphatic rings. The summed E-state index contributed by atoms with van der Waals surface area (Å²) in [6, 6.07) is 9.05. The predicted octanol–water partition coefficient (Wildman–Crippen LogP) is 1.65. The first-order valence-corrected chi connectivity index (χ1v) is 12.1. The van der Waals surface area contributed by atoms with E-state index < -0.39 is 0 Å². The molecule has 0 saturated carbocycles. The van der Waals surface area contributed by atoms with Crippen LogP contribution in [0.4, 0.5) is 5.95 Å². The van der Waals surface area contributed by atoms with E-state index >= 15 is 0 Å². The van der Waals surface area contributed by atoms with Crippen LogP contribution in [0.1, 0.15) is 15.9 Å². The van der Waals surface area contributed by atoms with E-state index in [2.05, 4.69) is 20.2 Å². The van der Waals surface area contributed by atoms with E-state index in [1.807, 2.05) is 25.2 Å². The monoisotopic (exact) mass is 511 g/mol. The largest absolute Gasteiger partial charge is 0.493 e. The minimum absolute atomic E-state index is 0.122.